The van der Waals surface area contributed by atoms with Gasteiger partial charge in [-0.05, 0) is 114 Å². The smallest absolute Gasteiger partial charge is 0.0496 e. The molecule has 2 aliphatic heterocycles. The zero-order chi connectivity index (χ0) is 32.8. The van der Waals surface area contributed by atoms with E-state index in [0.29, 0.717) is 12.5 Å². The molecule has 259 valence electrons. The normalized spacial score (nSPS) is 23.1. The maximum Gasteiger partial charge on any atom is 2.00 e. The van der Waals surface area contributed by atoms with Crippen molar-refractivity contribution >= 4 is 13.7 Å². The van der Waals surface area contributed by atoms with Gasteiger partial charge in [-0.2, -0.15) is 0 Å². The van der Waals surface area contributed by atoms with Crippen molar-refractivity contribution < 1.29 is 66.5 Å². The van der Waals surface area contributed by atoms with Crippen molar-refractivity contribution in [3.05, 3.63) is 144 Å². The fraction of sp³-hybridized carbons (Fsp3) is 0.294. The Morgan fingerprint density at radius 1 is 0.809 bits per heavy atom. The van der Waals surface area contributed by atoms with Crippen LogP contribution in [0.1, 0.15) is 45.1 Å². The fourth-order valence-corrected chi connectivity index (χ4v) is 4.21. The first-order chi connectivity index (χ1) is 21.2. The molecular formula is C34H39F6FeN3OPRh+. The Bertz CT molecular complexity index is 1020. The average molecular weight is 809 g/mol. The third-order valence-electron chi connectivity index (χ3n) is 6.44. The van der Waals surface area contributed by atoms with E-state index in [-0.39, 0.29) is 42.6 Å². The molecule has 0 saturated heterocycles. The van der Waals surface area contributed by atoms with Gasteiger partial charge in [-0.3, -0.25) is 0 Å². The Labute approximate surface area is 302 Å². The molecule has 1 aromatic carbocycles. The Kier molecular flexibility index (Phi) is 18.9. The van der Waals surface area contributed by atoms with E-state index in [2.05, 4.69) is 88.2 Å². The Hall–Kier alpha value is -0.817. The van der Waals surface area contributed by atoms with Gasteiger partial charge in [-0.15, -0.1) is 0 Å². The molecule has 6 rings (SSSR count). The van der Waals surface area contributed by atoms with Crippen LogP contribution in [-0.2, 0) is 47.8 Å². The second-order valence-electron chi connectivity index (χ2n) is 10.8. The first-order valence-electron chi connectivity index (χ1n) is 14.7. The van der Waals surface area contributed by atoms with E-state index in [1.54, 1.807) is 0 Å². The summed E-state index contributed by atoms with van der Waals surface area (Å²) in [4.78, 5) is 8.81. The van der Waals surface area contributed by atoms with Crippen molar-refractivity contribution in [2.75, 3.05) is 6.61 Å². The summed E-state index contributed by atoms with van der Waals surface area (Å²) in [7, 11) is -10.7. The minimum Gasteiger partial charge on any atom is -0.0496 e. The monoisotopic (exact) mass is 809 g/mol. The SMILES string of the molecule is CC(C)[C@H]1COC([C]2[CH][CH][CH][C]2N2[C]N(Cc3ccccc3)C=C2)=N1.F[P-](F)(F)(F)(F)F.[CH]1[CH]CC[CH][CH]CC1.[CH]1[CH][CH][CH][CH]1.[Fe+2].[Rh]. The zero-order valence-electron chi connectivity index (χ0n) is 26.0. The van der Waals surface area contributed by atoms with Gasteiger partial charge in [-0.25, -0.2) is 4.99 Å². The van der Waals surface area contributed by atoms with Gasteiger partial charge in [0.25, 0.3) is 0 Å². The summed E-state index contributed by atoms with van der Waals surface area (Å²) in [5.74, 6) is 2.26. The number of aliphatic imine (C=N–C) groups is 1. The number of hydrogen-bond donors (Lipinski definition) is 0. The van der Waals surface area contributed by atoms with Crippen molar-refractivity contribution in [3.8, 4) is 0 Å². The van der Waals surface area contributed by atoms with Crippen molar-refractivity contribution in [3.63, 3.8) is 0 Å². The number of halogens is 6. The van der Waals surface area contributed by atoms with Crippen LogP contribution < -0.4 is 0 Å². The quantitative estimate of drug-likeness (QED) is 0.169. The molecule has 3 fully saturated rings. The standard InChI is InChI=1S/C21H22N3O.C8H12.C5H5.F6P.Fe.Rh/c1-16(2)19-14-25-21(22-19)18-9-6-10-20(18)24-12-11-23(15-24)13-17-7-4-3-5-8-17;1-2-4-6-8-7-5-3-1;1-2-4-5-3-1;1-7(2,3,4,5)6;;/h3-12,16,19H,13-14H2,1-2H3;1-2,7-8H,3-6H2;1-5H;;;/q;;;-1;+2;/t19-;;;;;/m1...../s1. The van der Waals surface area contributed by atoms with Gasteiger partial charge in [0, 0.05) is 38.4 Å². The zero-order valence-corrected chi connectivity index (χ0v) is 29.7. The molecule has 13 heteroatoms. The molecule has 0 N–H and O–H groups in total. The number of ether oxygens (including phenoxy) is 1. The van der Waals surface area contributed by atoms with Crippen LogP contribution in [-0.4, -0.2) is 28.3 Å². The van der Waals surface area contributed by atoms with Crippen LogP contribution in [0.4, 0.5) is 25.2 Å². The Balaban J connectivity index is 0.000000411. The maximum atomic E-state index is 9.87. The van der Waals surface area contributed by atoms with E-state index in [0.717, 1.165) is 24.4 Å². The molecule has 0 unspecified atom stereocenters. The third kappa shape index (κ3) is 20.5. The van der Waals surface area contributed by atoms with Crippen LogP contribution in [0.3, 0.4) is 0 Å². The summed E-state index contributed by atoms with van der Waals surface area (Å²) in [6.45, 7) is 9.21. The molecule has 1 atom stereocenters. The van der Waals surface area contributed by atoms with Gasteiger partial charge in [0.05, 0.1) is 18.0 Å². The van der Waals surface area contributed by atoms with E-state index in [4.69, 9.17) is 9.73 Å². The molecule has 1 aromatic rings. The van der Waals surface area contributed by atoms with Crippen molar-refractivity contribution in [1.82, 2.24) is 9.80 Å². The molecule has 2 heterocycles. The molecular weight excluding hydrogens is 770 g/mol. The van der Waals surface area contributed by atoms with Crippen molar-refractivity contribution in [2.24, 2.45) is 10.9 Å². The average Bonchev–Trinajstić information content (AvgIpc) is 3.75. The molecule has 0 amide bonds. The minimum absolute atomic E-state index is 0. The van der Waals surface area contributed by atoms with Crippen LogP contribution >= 0.6 is 7.81 Å². The summed E-state index contributed by atoms with van der Waals surface area (Å²) in [5, 5.41) is 0. The van der Waals surface area contributed by atoms with Gasteiger partial charge < -0.3 is 14.5 Å². The van der Waals surface area contributed by atoms with Gasteiger partial charge in [-0.1, -0.05) is 44.2 Å². The molecule has 17 radical (unpaired) electrons. The minimum atomic E-state index is -10.7. The van der Waals surface area contributed by atoms with E-state index in [1.165, 1.54) is 31.2 Å². The van der Waals surface area contributed by atoms with E-state index >= 15 is 0 Å². The van der Waals surface area contributed by atoms with Crippen LogP contribution in [0.25, 0.3) is 0 Å². The summed E-state index contributed by atoms with van der Waals surface area (Å²) in [5.41, 5.74) is 1.26. The van der Waals surface area contributed by atoms with Crippen LogP contribution in [0, 0.1) is 102 Å². The number of rotatable bonds is 5. The first-order valence-corrected chi connectivity index (χ1v) is 16.7. The summed E-state index contributed by atoms with van der Waals surface area (Å²) < 4.78 is 65.0. The van der Waals surface area contributed by atoms with Gasteiger partial charge in [0.2, 0.25) is 6.67 Å². The molecule has 5 aliphatic rings. The second kappa shape index (κ2) is 20.1. The largest absolute Gasteiger partial charge is 2.00 e. The van der Waals surface area contributed by atoms with E-state index < -0.39 is 7.81 Å². The van der Waals surface area contributed by atoms with E-state index in [1.807, 2.05) is 61.9 Å². The van der Waals surface area contributed by atoms with E-state index in [9.17, 15) is 25.2 Å². The molecule has 3 aliphatic carbocycles. The van der Waals surface area contributed by atoms with Crippen LogP contribution in [0.2, 0.25) is 0 Å². The maximum absolute atomic E-state index is 10.7. The van der Waals surface area contributed by atoms with Crippen molar-refractivity contribution in [2.45, 2.75) is 52.1 Å². The van der Waals surface area contributed by atoms with Gasteiger partial charge in [0.1, 0.15) is 6.61 Å². The van der Waals surface area contributed by atoms with Crippen LogP contribution in [0.5, 0.6) is 0 Å². The summed E-state index contributed by atoms with van der Waals surface area (Å²) in [6, 6.07) is 11.7. The number of hydrogen-bond acceptors (Lipinski definition) is 4. The van der Waals surface area contributed by atoms with Crippen LogP contribution in [0.15, 0.2) is 47.7 Å². The summed E-state index contributed by atoms with van der Waals surface area (Å²) in [6.07, 6.45) is 34.2. The molecule has 47 heavy (non-hydrogen) atoms. The molecule has 0 spiro atoms. The fourth-order valence-electron chi connectivity index (χ4n) is 4.21. The van der Waals surface area contributed by atoms with Gasteiger partial charge in [0.15, 0.2) is 5.90 Å². The predicted octanol–water partition coefficient (Wildman–Crippen LogP) is 10.2. The Morgan fingerprint density at radius 2 is 1.32 bits per heavy atom. The number of nitrogens with zero attached hydrogens (tertiary/aromatic N) is 3. The van der Waals surface area contributed by atoms with Crippen molar-refractivity contribution in [1.29, 1.82) is 0 Å². The molecule has 0 aromatic heterocycles. The third-order valence-corrected chi connectivity index (χ3v) is 6.44. The second-order valence-corrected chi connectivity index (χ2v) is 12.7. The Morgan fingerprint density at radius 3 is 1.79 bits per heavy atom. The topological polar surface area (TPSA) is 28.1 Å². The molecule has 0 bridgehead atoms. The van der Waals surface area contributed by atoms with Gasteiger partial charge >= 0.3 is 50.1 Å². The predicted molar refractivity (Wildman–Crippen MR) is 168 cm³/mol. The molecule has 4 nitrogen and oxygen atoms in total. The summed E-state index contributed by atoms with van der Waals surface area (Å²) >= 11 is 0. The molecule has 3 saturated carbocycles. The first kappa shape index (κ1) is 44.2. The number of benzene rings is 1.